The minimum absolute atomic E-state index is 0.683. The van der Waals surface area contributed by atoms with E-state index in [9.17, 15) is 0 Å². The first-order valence-corrected chi connectivity index (χ1v) is 14.4. The fourth-order valence-electron chi connectivity index (χ4n) is 5.83. The van der Waals surface area contributed by atoms with Gasteiger partial charge in [-0.25, -0.2) is 0 Å². The highest BCUT2D eigenvalue weighted by Crippen LogP contribution is 2.44. The molecule has 0 saturated carbocycles. The zero-order valence-electron chi connectivity index (χ0n) is 19.5. The Labute approximate surface area is 214 Å². The summed E-state index contributed by atoms with van der Waals surface area (Å²) in [7, 11) is 1.37. The van der Waals surface area contributed by atoms with E-state index in [1.165, 1.54) is 76.5 Å². The molecule has 0 N–H and O–H groups in total. The predicted octanol–water partition coefficient (Wildman–Crippen LogP) is 7.39. The molecule has 0 spiro atoms. The van der Waals surface area contributed by atoms with Crippen LogP contribution in [-0.2, 0) is 0 Å². The van der Waals surface area contributed by atoms with Crippen LogP contribution in [0.4, 0.5) is 0 Å². The van der Waals surface area contributed by atoms with Crippen LogP contribution in [0.15, 0.2) is 121 Å². The molecule has 0 fully saturated rings. The quantitative estimate of drug-likeness (QED) is 0.221. The Bertz CT molecular complexity index is 1680. The van der Waals surface area contributed by atoms with Crippen molar-refractivity contribution in [1.82, 2.24) is 0 Å². The van der Waals surface area contributed by atoms with Gasteiger partial charge < -0.3 is 0 Å². The van der Waals surface area contributed by atoms with Gasteiger partial charge in [-0.1, -0.05) is 126 Å². The van der Waals surface area contributed by atoms with Crippen molar-refractivity contribution in [3.8, 4) is 44.5 Å². The summed E-state index contributed by atoms with van der Waals surface area (Å²) in [4.78, 5) is 0. The van der Waals surface area contributed by atoms with Gasteiger partial charge in [-0.15, -0.1) is 0 Å². The normalized spacial score (nSPS) is 14.1. The minimum atomic E-state index is 0.683. The molecule has 8 rings (SSSR count). The molecule has 2 heteroatoms. The Morgan fingerprint density at radius 1 is 0.306 bits per heavy atom. The second-order valence-corrected chi connectivity index (χ2v) is 12.2. The van der Waals surface area contributed by atoms with Crippen LogP contribution in [0, 0.1) is 0 Å². The molecular formula is C34H22P2. The van der Waals surface area contributed by atoms with Crippen molar-refractivity contribution in [3.63, 3.8) is 0 Å². The molecule has 36 heavy (non-hydrogen) atoms. The monoisotopic (exact) mass is 492 g/mol. The molecule has 0 radical (unpaired) electrons. The average molecular weight is 492 g/mol. The van der Waals surface area contributed by atoms with E-state index in [0.717, 1.165) is 0 Å². The summed E-state index contributed by atoms with van der Waals surface area (Å²) in [6, 6.07) is 45.1. The summed E-state index contributed by atoms with van der Waals surface area (Å²) >= 11 is 0. The van der Waals surface area contributed by atoms with E-state index in [0.29, 0.717) is 17.2 Å². The third-order valence-electron chi connectivity index (χ3n) is 7.53. The summed E-state index contributed by atoms with van der Waals surface area (Å²) in [6.45, 7) is 0. The Hall–Kier alpha value is -3.56. The molecule has 2 unspecified atom stereocenters. The maximum atomic E-state index is 2.41. The van der Waals surface area contributed by atoms with Gasteiger partial charge in [0.15, 0.2) is 0 Å². The van der Waals surface area contributed by atoms with Crippen LogP contribution in [0.1, 0.15) is 0 Å². The molecule has 0 nitrogen and oxygen atoms in total. The van der Waals surface area contributed by atoms with E-state index in [1.54, 1.807) is 0 Å². The molecule has 0 aromatic heterocycles. The number of hydrogen-bond acceptors (Lipinski definition) is 0. The first-order chi connectivity index (χ1) is 17.8. The SMILES string of the molecule is c1ccc(-c2ccc3c(c2)Pc2ccc4c5c(ccc-3c25)-c2ccc(-c3ccccc3)cc2P4)cc1. The molecule has 6 aromatic carbocycles. The third kappa shape index (κ3) is 3.09. The smallest absolute Gasteiger partial charge is 0.00148 e. The van der Waals surface area contributed by atoms with E-state index < -0.39 is 0 Å². The van der Waals surface area contributed by atoms with E-state index in [-0.39, 0.29) is 0 Å². The molecule has 0 bridgehead atoms. The van der Waals surface area contributed by atoms with Gasteiger partial charge in [0.25, 0.3) is 0 Å². The lowest BCUT2D eigenvalue weighted by atomic mass is 9.90. The maximum Gasteiger partial charge on any atom is -0.00148 e. The second kappa shape index (κ2) is 7.97. The lowest BCUT2D eigenvalue weighted by molar-refractivity contribution is 1.61. The van der Waals surface area contributed by atoms with Crippen LogP contribution in [-0.4, -0.2) is 0 Å². The van der Waals surface area contributed by atoms with Crippen LogP contribution in [0.3, 0.4) is 0 Å². The lowest BCUT2D eigenvalue weighted by Gasteiger charge is -2.28. The molecule has 2 aliphatic heterocycles. The van der Waals surface area contributed by atoms with Crippen molar-refractivity contribution >= 4 is 49.2 Å². The van der Waals surface area contributed by atoms with E-state index in [4.69, 9.17) is 0 Å². The summed E-state index contributed by atoms with van der Waals surface area (Å²) < 4.78 is 0. The van der Waals surface area contributed by atoms with Crippen LogP contribution in [0.25, 0.3) is 55.3 Å². The zero-order chi connectivity index (χ0) is 23.6. The summed E-state index contributed by atoms with van der Waals surface area (Å²) in [5.41, 5.74) is 10.8. The number of rotatable bonds is 2. The topological polar surface area (TPSA) is 0 Å². The maximum absolute atomic E-state index is 2.41. The highest BCUT2D eigenvalue weighted by Gasteiger charge is 2.26. The number of benzene rings is 6. The number of fused-ring (bicyclic) bond motifs is 4. The van der Waals surface area contributed by atoms with E-state index in [2.05, 4.69) is 121 Å². The average Bonchev–Trinajstić information content (AvgIpc) is 2.95. The highest BCUT2D eigenvalue weighted by atomic mass is 31.1. The van der Waals surface area contributed by atoms with Crippen molar-refractivity contribution < 1.29 is 0 Å². The minimum Gasteiger partial charge on any atom is -0.0622 e. The van der Waals surface area contributed by atoms with Crippen molar-refractivity contribution in [1.29, 1.82) is 0 Å². The molecule has 0 aliphatic carbocycles. The van der Waals surface area contributed by atoms with Gasteiger partial charge in [0.1, 0.15) is 0 Å². The highest BCUT2D eigenvalue weighted by molar-refractivity contribution is 7.58. The largest absolute Gasteiger partial charge is 0.0622 e. The molecular weight excluding hydrogens is 470 g/mol. The van der Waals surface area contributed by atoms with Crippen molar-refractivity contribution in [2.24, 2.45) is 0 Å². The second-order valence-electron chi connectivity index (χ2n) is 9.57. The summed E-state index contributed by atoms with van der Waals surface area (Å²) in [5.74, 6) is 0. The first kappa shape index (κ1) is 20.6. The van der Waals surface area contributed by atoms with Crippen molar-refractivity contribution in [2.45, 2.75) is 0 Å². The lowest BCUT2D eigenvalue weighted by Crippen LogP contribution is -2.21. The van der Waals surface area contributed by atoms with Gasteiger partial charge in [0.05, 0.1) is 0 Å². The predicted molar refractivity (Wildman–Crippen MR) is 161 cm³/mol. The Morgan fingerprint density at radius 2 is 0.722 bits per heavy atom. The molecule has 6 aromatic rings. The van der Waals surface area contributed by atoms with Crippen LogP contribution in [0.5, 0.6) is 0 Å². The first-order valence-electron chi connectivity index (χ1n) is 12.4. The zero-order valence-corrected chi connectivity index (χ0v) is 21.5. The molecule has 0 amide bonds. The Morgan fingerprint density at radius 3 is 1.17 bits per heavy atom. The standard InChI is InChI=1S/C34H22P2/c1-3-7-21(8-4-1)23-11-13-25-27-15-16-28-26-14-12-24(22-9-5-2-6-10-22)20-32(26)36-30-18-17-29(33(27)34(28)30)35-31(25)19-23/h1-20,35-36H. The van der Waals surface area contributed by atoms with Gasteiger partial charge in [-0.2, -0.15) is 0 Å². The van der Waals surface area contributed by atoms with Crippen LogP contribution < -0.4 is 21.2 Å². The van der Waals surface area contributed by atoms with Crippen LogP contribution in [0.2, 0.25) is 0 Å². The van der Waals surface area contributed by atoms with Crippen molar-refractivity contribution in [3.05, 3.63) is 121 Å². The summed E-state index contributed by atoms with van der Waals surface area (Å²) in [5, 5.41) is 8.84. The van der Waals surface area contributed by atoms with Gasteiger partial charge in [0.2, 0.25) is 0 Å². The van der Waals surface area contributed by atoms with Gasteiger partial charge in [-0.05, 0) is 88.6 Å². The molecule has 2 heterocycles. The number of hydrogen-bond donors (Lipinski definition) is 0. The fraction of sp³-hybridized carbons (Fsp3) is 0. The molecule has 2 aliphatic rings. The van der Waals surface area contributed by atoms with Crippen LogP contribution >= 0.6 is 17.2 Å². The van der Waals surface area contributed by atoms with E-state index >= 15 is 0 Å². The van der Waals surface area contributed by atoms with Crippen molar-refractivity contribution in [2.75, 3.05) is 0 Å². The van der Waals surface area contributed by atoms with E-state index in [1.807, 2.05) is 0 Å². The Kier molecular flexibility index (Phi) is 4.57. The van der Waals surface area contributed by atoms with Gasteiger partial charge in [0, 0.05) is 0 Å². The fourth-order valence-corrected chi connectivity index (χ4v) is 8.67. The molecule has 0 saturated heterocycles. The van der Waals surface area contributed by atoms with Gasteiger partial charge >= 0.3 is 0 Å². The third-order valence-corrected chi connectivity index (χ3v) is 10.3. The molecule has 168 valence electrons. The summed E-state index contributed by atoms with van der Waals surface area (Å²) in [6.07, 6.45) is 0. The molecule has 2 atom stereocenters. The Balaban J connectivity index is 1.30. The van der Waals surface area contributed by atoms with Gasteiger partial charge in [-0.3, -0.25) is 0 Å².